The van der Waals surface area contributed by atoms with Crippen molar-refractivity contribution in [1.29, 1.82) is 0 Å². The number of rotatable bonds is 0. The van der Waals surface area contributed by atoms with Crippen LogP contribution < -0.4 is 0 Å². The van der Waals surface area contributed by atoms with Gasteiger partial charge in [-0.2, -0.15) is 5.10 Å². The topological polar surface area (TPSA) is 50.4 Å². The fraction of sp³-hybridized carbons (Fsp3) is 0.333. The zero-order valence-corrected chi connectivity index (χ0v) is 11.2. The molecule has 2 rings (SSSR count). The van der Waals surface area contributed by atoms with Gasteiger partial charge in [0, 0.05) is 38.4 Å². The summed E-state index contributed by atoms with van der Waals surface area (Å²) in [6.45, 7) is 5.56. The number of aromatic hydroxyl groups is 1. The Hall–Kier alpha value is -0.476. The molecule has 14 heavy (non-hydrogen) atoms. The van der Waals surface area contributed by atoms with Crippen molar-refractivity contribution in [1.82, 2.24) is 14.6 Å². The molecule has 71 valence electrons. The standard InChI is InChI=1S/C9H10N3O.Y/c1-5-4-10-8-6(2)7(3)11-12(8)9(5)13;/h13H,1-3H3;/q-1;. The van der Waals surface area contributed by atoms with Gasteiger partial charge in [0.15, 0.2) is 0 Å². The summed E-state index contributed by atoms with van der Waals surface area (Å²) in [6, 6.07) is 0. The van der Waals surface area contributed by atoms with E-state index in [0.29, 0.717) is 11.2 Å². The van der Waals surface area contributed by atoms with Crippen LogP contribution in [0.5, 0.6) is 5.88 Å². The van der Waals surface area contributed by atoms with Crippen molar-refractivity contribution in [2.45, 2.75) is 20.8 Å². The number of nitrogens with zero attached hydrogens (tertiary/aromatic N) is 3. The van der Waals surface area contributed by atoms with Gasteiger partial charge in [-0.3, -0.25) is 4.52 Å². The second kappa shape index (κ2) is 3.95. The molecule has 0 unspecified atom stereocenters. The van der Waals surface area contributed by atoms with Crippen LogP contribution >= 0.6 is 0 Å². The number of hydrogen-bond acceptors (Lipinski definition) is 3. The number of aromatic nitrogens is 3. The molecule has 1 N–H and O–H groups in total. The van der Waals surface area contributed by atoms with Gasteiger partial charge in [-0.05, 0) is 19.4 Å². The van der Waals surface area contributed by atoms with Crippen LogP contribution in [0.1, 0.15) is 16.8 Å². The summed E-state index contributed by atoms with van der Waals surface area (Å²) < 4.78 is 1.44. The first-order valence-corrected chi connectivity index (χ1v) is 4.04. The van der Waals surface area contributed by atoms with E-state index in [1.54, 1.807) is 6.92 Å². The predicted molar refractivity (Wildman–Crippen MR) is 47.7 cm³/mol. The first-order valence-electron chi connectivity index (χ1n) is 4.04. The summed E-state index contributed by atoms with van der Waals surface area (Å²) in [5, 5.41) is 13.8. The van der Waals surface area contributed by atoms with Crippen LogP contribution in [0, 0.1) is 27.0 Å². The Morgan fingerprint density at radius 2 is 1.93 bits per heavy atom. The first-order chi connectivity index (χ1) is 6.11. The maximum absolute atomic E-state index is 9.63. The van der Waals surface area contributed by atoms with E-state index in [-0.39, 0.29) is 38.6 Å². The molecule has 0 fully saturated rings. The molecule has 0 saturated carbocycles. The van der Waals surface area contributed by atoms with Crippen LogP contribution in [-0.4, -0.2) is 19.7 Å². The second-order valence-corrected chi connectivity index (χ2v) is 3.12. The molecule has 0 aliphatic heterocycles. The van der Waals surface area contributed by atoms with Crippen LogP contribution in [0.25, 0.3) is 5.65 Å². The molecule has 0 amide bonds. The van der Waals surface area contributed by atoms with Gasteiger partial charge in [-0.15, -0.1) is 0 Å². The van der Waals surface area contributed by atoms with E-state index in [2.05, 4.69) is 16.3 Å². The van der Waals surface area contributed by atoms with Gasteiger partial charge in [-0.25, -0.2) is 0 Å². The van der Waals surface area contributed by atoms with Gasteiger partial charge in [0.2, 0.25) is 0 Å². The quantitative estimate of drug-likeness (QED) is 0.727. The molecule has 1 radical (unpaired) electrons. The van der Waals surface area contributed by atoms with Gasteiger partial charge in [0.1, 0.15) is 5.88 Å². The van der Waals surface area contributed by atoms with E-state index in [4.69, 9.17) is 0 Å². The van der Waals surface area contributed by atoms with Gasteiger partial charge < -0.3 is 10.1 Å². The zero-order chi connectivity index (χ0) is 9.59. The molecule has 2 aromatic rings. The van der Waals surface area contributed by atoms with E-state index in [1.165, 1.54) is 4.52 Å². The van der Waals surface area contributed by atoms with Crippen LogP contribution in [0.15, 0.2) is 0 Å². The summed E-state index contributed by atoms with van der Waals surface area (Å²) in [7, 11) is 0. The molecule has 2 heterocycles. The van der Waals surface area contributed by atoms with Crippen molar-refractivity contribution in [2.75, 3.05) is 0 Å². The number of aryl methyl sites for hydroxylation is 3. The average Bonchev–Trinajstić information content (AvgIpc) is 2.38. The first kappa shape index (κ1) is 11.6. The Kier molecular flexibility index (Phi) is 3.27. The molecule has 2 aromatic heterocycles. The van der Waals surface area contributed by atoms with Crippen molar-refractivity contribution in [3.05, 3.63) is 23.0 Å². The molecule has 0 aliphatic carbocycles. The minimum absolute atomic E-state index is 0. The largest absolute Gasteiger partial charge is 0.550 e. The summed E-state index contributed by atoms with van der Waals surface area (Å²) in [5.41, 5.74) is 3.13. The molecule has 5 heteroatoms. The number of fused-ring (bicyclic) bond motifs is 1. The van der Waals surface area contributed by atoms with Crippen LogP contribution in [-0.2, 0) is 32.7 Å². The van der Waals surface area contributed by atoms with Crippen molar-refractivity contribution < 1.29 is 37.8 Å². The van der Waals surface area contributed by atoms with E-state index in [0.717, 1.165) is 11.3 Å². The Balaban J connectivity index is 0.000000980. The third-order valence-corrected chi connectivity index (χ3v) is 2.19. The Bertz CT molecular complexity index is 478. The molecule has 0 aromatic carbocycles. The maximum atomic E-state index is 9.63. The molecule has 0 spiro atoms. The zero-order valence-electron chi connectivity index (χ0n) is 8.37. The summed E-state index contributed by atoms with van der Waals surface area (Å²) in [4.78, 5) is 4.08. The monoisotopic (exact) mass is 265 g/mol. The molecular formula is C9H10N3OY-. The summed E-state index contributed by atoms with van der Waals surface area (Å²) in [5.74, 6) is 0.112. The summed E-state index contributed by atoms with van der Waals surface area (Å²) >= 11 is 0. The Morgan fingerprint density at radius 1 is 1.29 bits per heavy atom. The van der Waals surface area contributed by atoms with Crippen molar-refractivity contribution in [3.8, 4) is 5.88 Å². The molecule has 0 aliphatic rings. The molecular weight excluding hydrogens is 255 g/mol. The molecule has 4 nitrogen and oxygen atoms in total. The fourth-order valence-electron chi connectivity index (χ4n) is 1.22. The van der Waals surface area contributed by atoms with Crippen molar-refractivity contribution >= 4 is 5.65 Å². The molecule has 0 atom stereocenters. The van der Waals surface area contributed by atoms with Gasteiger partial charge in [0.05, 0.1) is 5.69 Å². The van der Waals surface area contributed by atoms with Gasteiger partial charge >= 0.3 is 0 Å². The van der Waals surface area contributed by atoms with Crippen LogP contribution in [0.3, 0.4) is 0 Å². The third kappa shape index (κ3) is 1.57. The van der Waals surface area contributed by atoms with Crippen molar-refractivity contribution in [3.63, 3.8) is 0 Å². The van der Waals surface area contributed by atoms with E-state index < -0.39 is 0 Å². The van der Waals surface area contributed by atoms with E-state index >= 15 is 0 Å². The summed E-state index contributed by atoms with van der Waals surface area (Å²) in [6.07, 6.45) is 2.74. The number of hydrogen-bond donors (Lipinski definition) is 1. The van der Waals surface area contributed by atoms with E-state index in [1.807, 2.05) is 13.8 Å². The minimum atomic E-state index is 0. The normalized spacial score (nSPS) is 10.2. The predicted octanol–water partition coefficient (Wildman–Crippen LogP) is 1.16. The molecule has 0 bridgehead atoms. The SMILES string of the molecule is Cc1[c-]nc2c(C)c(C)nn2c1O.[Y]. The third-order valence-electron chi connectivity index (χ3n) is 2.19. The van der Waals surface area contributed by atoms with Crippen LogP contribution in [0.4, 0.5) is 0 Å². The Labute approximate surface area is 107 Å². The Morgan fingerprint density at radius 3 is 2.57 bits per heavy atom. The average molecular weight is 265 g/mol. The van der Waals surface area contributed by atoms with Crippen molar-refractivity contribution in [2.24, 2.45) is 0 Å². The van der Waals surface area contributed by atoms with Gasteiger partial charge in [-0.1, -0.05) is 18.7 Å². The maximum Gasteiger partial charge on any atom is 0.103 e. The second-order valence-electron chi connectivity index (χ2n) is 3.12. The van der Waals surface area contributed by atoms with Gasteiger partial charge in [0.25, 0.3) is 0 Å². The fourth-order valence-corrected chi connectivity index (χ4v) is 1.22. The molecule has 0 saturated heterocycles. The smallest absolute Gasteiger partial charge is 0.103 e. The van der Waals surface area contributed by atoms with E-state index in [9.17, 15) is 5.11 Å². The minimum Gasteiger partial charge on any atom is -0.550 e. The van der Waals surface area contributed by atoms with Crippen LogP contribution in [0.2, 0.25) is 0 Å².